The maximum absolute atomic E-state index is 12.3. The molecule has 25 heavy (non-hydrogen) atoms. The third-order valence-corrected chi connectivity index (χ3v) is 4.71. The summed E-state index contributed by atoms with van der Waals surface area (Å²) in [4.78, 5) is 17.5. The van der Waals surface area contributed by atoms with Gasteiger partial charge in [-0.2, -0.15) is 4.98 Å². The zero-order valence-electron chi connectivity index (χ0n) is 14.4. The van der Waals surface area contributed by atoms with Gasteiger partial charge in [0, 0.05) is 5.69 Å². The van der Waals surface area contributed by atoms with Crippen LogP contribution in [0.1, 0.15) is 23.9 Å². The van der Waals surface area contributed by atoms with Gasteiger partial charge in [-0.25, -0.2) is 0 Å². The van der Waals surface area contributed by atoms with E-state index in [1.807, 2.05) is 56.5 Å². The van der Waals surface area contributed by atoms with Crippen LogP contribution in [0.3, 0.4) is 0 Å². The van der Waals surface area contributed by atoms with Crippen molar-refractivity contribution in [2.45, 2.75) is 33.4 Å². The van der Waals surface area contributed by atoms with Crippen molar-refractivity contribution in [2.24, 2.45) is 0 Å². The summed E-state index contributed by atoms with van der Waals surface area (Å²) in [6, 6.07) is 9.51. The van der Waals surface area contributed by atoms with E-state index in [4.69, 9.17) is 4.52 Å². The number of hydrogen-bond donors (Lipinski definition) is 2. The molecule has 7 heteroatoms. The van der Waals surface area contributed by atoms with E-state index in [0.717, 1.165) is 21.7 Å². The van der Waals surface area contributed by atoms with E-state index in [1.165, 1.54) is 11.3 Å². The molecule has 0 saturated heterocycles. The van der Waals surface area contributed by atoms with Crippen molar-refractivity contribution >= 4 is 22.9 Å². The van der Waals surface area contributed by atoms with Gasteiger partial charge >= 0.3 is 0 Å². The number of aryl methyl sites for hydroxylation is 2. The van der Waals surface area contributed by atoms with Gasteiger partial charge in [0.15, 0.2) is 5.82 Å². The van der Waals surface area contributed by atoms with Crippen molar-refractivity contribution in [1.82, 2.24) is 15.5 Å². The largest absolute Gasteiger partial charge is 0.373 e. The van der Waals surface area contributed by atoms with Crippen LogP contribution >= 0.6 is 11.3 Å². The van der Waals surface area contributed by atoms with Crippen LogP contribution < -0.4 is 10.6 Å². The topological polar surface area (TPSA) is 80.0 Å². The number of thiophene rings is 1. The monoisotopic (exact) mass is 356 g/mol. The molecule has 0 fully saturated rings. The lowest BCUT2D eigenvalue weighted by atomic mass is 10.1. The van der Waals surface area contributed by atoms with E-state index in [0.29, 0.717) is 11.7 Å². The van der Waals surface area contributed by atoms with Gasteiger partial charge in [-0.3, -0.25) is 4.79 Å². The fourth-order valence-electron chi connectivity index (χ4n) is 2.47. The number of anilines is 1. The minimum atomic E-state index is -0.372. The summed E-state index contributed by atoms with van der Waals surface area (Å²) in [5, 5.41) is 11.9. The van der Waals surface area contributed by atoms with Crippen molar-refractivity contribution in [3.8, 4) is 10.8 Å². The second kappa shape index (κ2) is 7.48. The molecule has 0 radical (unpaired) electrons. The molecule has 130 valence electrons. The van der Waals surface area contributed by atoms with E-state index < -0.39 is 0 Å². The molecule has 0 spiro atoms. The highest BCUT2D eigenvalue weighted by Crippen LogP contribution is 2.22. The molecule has 0 aliphatic heterocycles. The first-order chi connectivity index (χ1) is 12.0. The van der Waals surface area contributed by atoms with Gasteiger partial charge in [-0.1, -0.05) is 29.4 Å². The van der Waals surface area contributed by atoms with Crippen molar-refractivity contribution in [2.75, 3.05) is 5.32 Å². The number of aromatic nitrogens is 2. The van der Waals surface area contributed by atoms with Gasteiger partial charge in [0.2, 0.25) is 5.91 Å². The van der Waals surface area contributed by atoms with E-state index in [1.54, 1.807) is 0 Å². The lowest BCUT2D eigenvalue weighted by molar-refractivity contribution is -0.121. The molecule has 6 nitrogen and oxygen atoms in total. The Balaban J connectivity index is 1.57. The van der Waals surface area contributed by atoms with Crippen molar-refractivity contribution in [3.63, 3.8) is 0 Å². The van der Waals surface area contributed by atoms with Crippen LogP contribution in [-0.4, -0.2) is 22.1 Å². The molecule has 0 unspecified atom stereocenters. The Morgan fingerprint density at radius 3 is 2.68 bits per heavy atom. The normalized spacial score (nSPS) is 12.0. The second-order valence-corrected chi connectivity index (χ2v) is 6.79. The number of carbonyl (C=O) groups excluding carboxylic acids is 1. The SMILES string of the molecule is Cc1cccc(C)c1N[C@H](C)C(=O)NCc1noc(-c2cccs2)n1. The summed E-state index contributed by atoms with van der Waals surface area (Å²) in [6.07, 6.45) is 0. The Morgan fingerprint density at radius 2 is 2.00 bits per heavy atom. The number of carbonyl (C=O) groups is 1. The van der Waals surface area contributed by atoms with E-state index >= 15 is 0 Å². The zero-order chi connectivity index (χ0) is 17.8. The highest BCUT2D eigenvalue weighted by atomic mass is 32.1. The Morgan fingerprint density at radius 1 is 1.24 bits per heavy atom. The third kappa shape index (κ3) is 4.06. The lowest BCUT2D eigenvalue weighted by Gasteiger charge is -2.18. The van der Waals surface area contributed by atoms with Gasteiger partial charge in [-0.05, 0) is 43.3 Å². The van der Waals surface area contributed by atoms with Crippen LogP contribution in [0.15, 0.2) is 40.2 Å². The average molecular weight is 356 g/mol. The molecule has 2 aromatic heterocycles. The minimum Gasteiger partial charge on any atom is -0.373 e. The molecular weight excluding hydrogens is 336 g/mol. The standard InChI is InChI=1S/C18H20N4O2S/c1-11-6-4-7-12(2)16(11)20-13(3)17(23)19-10-15-21-18(24-22-15)14-8-5-9-25-14/h4-9,13,20H,10H2,1-3H3,(H,19,23)/t13-/m1/s1. The summed E-state index contributed by atoms with van der Waals surface area (Å²) in [5.74, 6) is 0.808. The number of para-hydroxylation sites is 1. The summed E-state index contributed by atoms with van der Waals surface area (Å²) < 4.78 is 5.21. The minimum absolute atomic E-state index is 0.120. The average Bonchev–Trinajstić information content (AvgIpc) is 3.26. The Kier molecular flexibility index (Phi) is 5.14. The number of amides is 1. The molecule has 1 amide bonds. The summed E-state index contributed by atoms with van der Waals surface area (Å²) in [6.45, 7) is 6.09. The Bertz CT molecular complexity index is 838. The fraction of sp³-hybridized carbons (Fsp3) is 0.278. The van der Waals surface area contributed by atoms with E-state index in [-0.39, 0.29) is 18.5 Å². The van der Waals surface area contributed by atoms with Crippen LogP contribution in [0, 0.1) is 13.8 Å². The van der Waals surface area contributed by atoms with Crippen molar-refractivity contribution in [3.05, 3.63) is 52.7 Å². The third-order valence-electron chi connectivity index (χ3n) is 3.86. The van der Waals surface area contributed by atoms with E-state index in [9.17, 15) is 4.79 Å². The van der Waals surface area contributed by atoms with Gasteiger partial charge in [0.1, 0.15) is 6.04 Å². The first kappa shape index (κ1) is 17.2. The highest BCUT2D eigenvalue weighted by molar-refractivity contribution is 7.13. The fourth-order valence-corrected chi connectivity index (χ4v) is 3.11. The number of nitrogens with one attached hydrogen (secondary N) is 2. The summed E-state index contributed by atoms with van der Waals surface area (Å²) in [7, 11) is 0. The van der Waals surface area contributed by atoms with Crippen LogP contribution in [0.4, 0.5) is 5.69 Å². The van der Waals surface area contributed by atoms with Crippen LogP contribution in [-0.2, 0) is 11.3 Å². The molecule has 1 aromatic carbocycles. The molecule has 0 saturated carbocycles. The van der Waals surface area contributed by atoms with Gasteiger partial charge < -0.3 is 15.2 Å². The maximum atomic E-state index is 12.3. The lowest BCUT2D eigenvalue weighted by Crippen LogP contribution is -2.37. The Hall–Kier alpha value is -2.67. The molecule has 3 aromatic rings. The van der Waals surface area contributed by atoms with E-state index in [2.05, 4.69) is 20.8 Å². The van der Waals surface area contributed by atoms with Gasteiger partial charge in [0.05, 0.1) is 11.4 Å². The number of benzene rings is 1. The van der Waals surface area contributed by atoms with Crippen LogP contribution in [0.5, 0.6) is 0 Å². The number of hydrogen-bond acceptors (Lipinski definition) is 6. The van der Waals surface area contributed by atoms with Crippen molar-refractivity contribution < 1.29 is 9.32 Å². The first-order valence-electron chi connectivity index (χ1n) is 8.01. The summed E-state index contributed by atoms with van der Waals surface area (Å²) >= 11 is 1.53. The zero-order valence-corrected chi connectivity index (χ0v) is 15.2. The predicted octanol–water partition coefficient (Wildman–Crippen LogP) is 3.53. The van der Waals surface area contributed by atoms with Crippen LogP contribution in [0.25, 0.3) is 10.8 Å². The van der Waals surface area contributed by atoms with Crippen molar-refractivity contribution in [1.29, 1.82) is 0 Å². The first-order valence-corrected chi connectivity index (χ1v) is 8.89. The molecule has 0 bridgehead atoms. The Labute approximate surface area is 150 Å². The quantitative estimate of drug-likeness (QED) is 0.706. The number of nitrogens with zero attached hydrogens (tertiary/aromatic N) is 2. The molecule has 0 aliphatic carbocycles. The van der Waals surface area contributed by atoms with Crippen LogP contribution in [0.2, 0.25) is 0 Å². The smallest absolute Gasteiger partial charge is 0.268 e. The highest BCUT2D eigenvalue weighted by Gasteiger charge is 2.16. The maximum Gasteiger partial charge on any atom is 0.268 e. The predicted molar refractivity (Wildman–Crippen MR) is 98.5 cm³/mol. The van der Waals surface area contributed by atoms with Gasteiger partial charge in [-0.15, -0.1) is 11.3 Å². The molecule has 3 rings (SSSR count). The number of rotatable bonds is 6. The van der Waals surface area contributed by atoms with Gasteiger partial charge in [0.25, 0.3) is 5.89 Å². The molecule has 2 heterocycles. The molecular formula is C18H20N4O2S. The molecule has 2 N–H and O–H groups in total. The summed E-state index contributed by atoms with van der Waals surface area (Å²) in [5.41, 5.74) is 3.21. The molecule has 1 atom stereocenters. The second-order valence-electron chi connectivity index (χ2n) is 5.84. The molecule has 0 aliphatic rings.